The molecule has 0 aliphatic carbocycles. The van der Waals surface area contributed by atoms with Crippen LogP contribution < -0.4 is 15.5 Å². The lowest BCUT2D eigenvalue weighted by molar-refractivity contribution is -0.122. The summed E-state index contributed by atoms with van der Waals surface area (Å²) < 4.78 is 0. The summed E-state index contributed by atoms with van der Waals surface area (Å²) in [4.78, 5) is 37.5. The number of benzene rings is 1. The first-order valence-electron chi connectivity index (χ1n) is 9.62. The molecule has 1 aliphatic heterocycles. The number of nitrogens with zero attached hydrogens (tertiary/aromatic N) is 4. The SMILES string of the molecule is CC(NC(=O)c1ccccc1Cl)C(=O)NCCN1CCN(c2ncccn2)CC1. The van der Waals surface area contributed by atoms with Crippen LogP contribution in [0.3, 0.4) is 0 Å². The number of halogens is 1. The van der Waals surface area contributed by atoms with Crippen molar-refractivity contribution in [3.63, 3.8) is 0 Å². The van der Waals surface area contributed by atoms with E-state index in [1.54, 1.807) is 49.6 Å². The van der Waals surface area contributed by atoms with E-state index in [0.29, 0.717) is 17.1 Å². The number of nitrogens with one attached hydrogen (secondary N) is 2. The van der Waals surface area contributed by atoms with Crippen LogP contribution in [0.15, 0.2) is 42.7 Å². The van der Waals surface area contributed by atoms with Crippen molar-refractivity contribution >= 4 is 29.4 Å². The average molecular weight is 417 g/mol. The molecule has 1 fully saturated rings. The van der Waals surface area contributed by atoms with E-state index < -0.39 is 6.04 Å². The summed E-state index contributed by atoms with van der Waals surface area (Å²) in [6, 6.07) is 7.91. The Labute approximate surface area is 175 Å². The van der Waals surface area contributed by atoms with Crippen molar-refractivity contribution in [3.05, 3.63) is 53.3 Å². The van der Waals surface area contributed by atoms with Gasteiger partial charge in [0, 0.05) is 51.7 Å². The lowest BCUT2D eigenvalue weighted by Gasteiger charge is -2.34. The van der Waals surface area contributed by atoms with Crippen LogP contribution in [0, 0.1) is 0 Å². The summed E-state index contributed by atoms with van der Waals surface area (Å²) >= 11 is 6.02. The minimum atomic E-state index is -0.647. The highest BCUT2D eigenvalue weighted by atomic mass is 35.5. The fourth-order valence-corrected chi connectivity index (χ4v) is 3.32. The van der Waals surface area contributed by atoms with Gasteiger partial charge in [-0.25, -0.2) is 9.97 Å². The molecule has 1 unspecified atom stereocenters. The topological polar surface area (TPSA) is 90.5 Å². The molecular weight excluding hydrogens is 392 g/mol. The molecule has 154 valence electrons. The Bertz CT molecular complexity index is 827. The fourth-order valence-electron chi connectivity index (χ4n) is 3.10. The van der Waals surface area contributed by atoms with Crippen molar-refractivity contribution in [1.82, 2.24) is 25.5 Å². The van der Waals surface area contributed by atoms with Gasteiger partial charge in [0.15, 0.2) is 0 Å². The number of anilines is 1. The molecule has 2 aromatic rings. The van der Waals surface area contributed by atoms with Gasteiger partial charge in [-0.1, -0.05) is 23.7 Å². The van der Waals surface area contributed by atoms with Crippen LogP contribution in [0.5, 0.6) is 0 Å². The molecule has 9 heteroatoms. The van der Waals surface area contributed by atoms with Crippen LogP contribution in [0.25, 0.3) is 0 Å². The molecule has 3 rings (SSSR count). The molecular formula is C20H25ClN6O2. The molecule has 1 aromatic carbocycles. The Hall–Kier alpha value is -2.71. The third-order valence-electron chi connectivity index (χ3n) is 4.79. The molecule has 0 radical (unpaired) electrons. The number of amides is 2. The number of hydrogen-bond acceptors (Lipinski definition) is 6. The Balaban J connectivity index is 1.36. The molecule has 0 bridgehead atoms. The predicted molar refractivity (Wildman–Crippen MR) is 112 cm³/mol. The molecule has 0 spiro atoms. The average Bonchev–Trinajstić information content (AvgIpc) is 2.75. The van der Waals surface area contributed by atoms with E-state index in [-0.39, 0.29) is 11.8 Å². The zero-order valence-corrected chi connectivity index (χ0v) is 17.1. The quantitative estimate of drug-likeness (QED) is 0.704. The van der Waals surface area contributed by atoms with Gasteiger partial charge in [-0.05, 0) is 25.1 Å². The molecule has 2 amide bonds. The van der Waals surface area contributed by atoms with Crippen LogP contribution >= 0.6 is 11.6 Å². The van der Waals surface area contributed by atoms with Gasteiger partial charge in [0.05, 0.1) is 10.6 Å². The third-order valence-corrected chi connectivity index (χ3v) is 5.12. The summed E-state index contributed by atoms with van der Waals surface area (Å²) in [5.74, 6) is 0.169. The molecule has 2 heterocycles. The monoisotopic (exact) mass is 416 g/mol. The Morgan fingerprint density at radius 1 is 1.10 bits per heavy atom. The maximum Gasteiger partial charge on any atom is 0.253 e. The Morgan fingerprint density at radius 3 is 2.48 bits per heavy atom. The number of piperazine rings is 1. The highest BCUT2D eigenvalue weighted by Crippen LogP contribution is 2.14. The molecule has 8 nitrogen and oxygen atoms in total. The fraction of sp³-hybridized carbons (Fsp3) is 0.400. The molecule has 0 saturated carbocycles. The molecule has 1 saturated heterocycles. The number of carbonyl (C=O) groups excluding carboxylic acids is 2. The number of aromatic nitrogens is 2. The van der Waals surface area contributed by atoms with Crippen molar-refractivity contribution < 1.29 is 9.59 Å². The maximum absolute atomic E-state index is 12.3. The first-order valence-corrected chi connectivity index (χ1v) is 10.00. The number of rotatable bonds is 7. The minimum Gasteiger partial charge on any atom is -0.353 e. The van der Waals surface area contributed by atoms with Crippen molar-refractivity contribution in [1.29, 1.82) is 0 Å². The molecule has 1 aliphatic rings. The first kappa shape index (κ1) is 21.0. The standard InChI is InChI=1S/C20H25ClN6O2/c1-15(25-19(29)16-5-2-3-6-17(16)21)18(28)22-9-10-26-11-13-27(14-12-26)20-23-7-4-8-24-20/h2-8,15H,9-14H2,1H3,(H,22,28)(H,25,29). The van der Waals surface area contributed by atoms with Crippen molar-refractivity contribution in [3.8, 4) is 0 Å². The Kier molecular flexibility index (Phi) is 7.37. The van der Waals surface area contributed by atoms with Gasteiger partial charge in [-0.15, -0.1) is 0 Å². The smallest absolute Gasteiger partial charge is 0.253 e. The maximum atomic E-state index is 12.3. The van der Waals surface area contributed by atoms with Crippen molar-refractivity contribution in [2.24, 2.45) is 0 Å². The van der Waals surface area contributed by atoms with E-state index in [0.717, 1.165) is 38.7 Å². The zero-order valence-electron chi connectivity index (χ0n) is 16.3. The van der Waals surface area contributed by atoms with Crippen molar-refractivity contribution in [2.75, 3.05) is 44.2 Å². The van der Waals surface area contributed by atoms with Gasteiger partial charge in [-0.3, -0.25) is 14.5 Å². The first-order chi connectivity index (χ1) is 14.0. The molecule has 29 heavy (non-hydrogen) atoms. The normalized spacial score (nSPS) is 15.6. The molecule has 1 aromatic heterocycles. The van der Waals surface area contributed by atoms with Crippen LogP contribution in [-0.4, -0.2) is 72.0 Å². The largest absolute Gasteiger partial charge is 0.353 e. The highest BCUT2D eigenvalue weighted by Gasteiger charge is 2.20. The van der Waals surface area contributed by atoms with E-state index in [4.69, 9.17) is 11.6 Å². The highest BCUT2D eigenvalue weighted by molar-refractivity contribution is 6.33. The van der Waals surface area contributed by atoms with Crippen molar-refractivity contribution in [2.45, 2.75) is 13.0 Å². The second kappa shape index (κ2) is 10.2. The number of hydrogen-bond donors (Lipinski definition) is 2. The van der Waals surface area contributed by atoms with Gasteiger partial charge in [0.1, 0.15) is 6.04 Å². The van der Waals surface area contributed by atoms with Gasteiger partial charge in [-0.2, -0.15) is 0 Å². The molecule has 1 atom stereocenters. The van der Waals surface area contributed by atoms with Gasteiger partial charge in [0.25, 0.3) is 5.91 Å². The van der Waals surface area contributed by atoms with Gasteiger partial charge in [0.2, 0.25) is 11.9 Å². The summed E-state index contributed by atoms with van der Waals surface area (Å²) in [5, 5.41) is 5.92. The summed E-state index contributed by atoms with van der Waals surface area (Å²) in [6.07, 6.45) is 3.49. The van der Waals surface area contributed by atoms with E-state index >= 15 is 0 Å². The summed E-state index contributed by atoms with van der Waals surface area (Å²) in [6.45, 7) is 6.39. The third kappa shape index (κ3) is 5.88. The lowest BCUT2D eigenvalue weighted by atomic mass is 10.2. The number of carbonyl (C=O) groups is 2. The van der Waals surface area contributed by atoms with E-state index in [1.807, 2.05) is 0 Å². The second-order valence-corrected chi connectivity index (χ2v) is 7.25. The minimum absolute atomic E-state index is 0.221. The van der Waals surface area contributed by atoms with Crippen LogP contribution in [0.2, 0.25) is 5.02 Å². The lowest BCUT2D eigenvalue weighted by Crippen LogP contribution is -2.50. The second-order valence-electron chi connectivity index (χ2n) is 6.84. The summed E-state index contributed by atoms with van der Waals surface area (Å²) in [5.41, 5.74) is 0.356. The van der Waals surface area contributed by atoms with Crippen LogP contribution in [-0.2, 0) is 4.79 Å². The Morgan fingerprint density at radius 2 is 1.79 bits per heavy atom. The van der Waals surface area contributed by atoms with Gasteiger partial charge >= 0.3 is 0 Å². The van der Waals surface area contributed by atoms with Crippen LogP contribution in [0.1, 0.15) is 17.3 Å². The van der Waals surface area contributed by atoms with E-state index in [2.05, 4.69) is 30.4 Å². The van der Waals surface area contributed by atoms with E-state index in [1.165, 1.54) is 0 Å². The van der Waals surface area contributed by atoms with Crippen LogP contribution in [0.4, 0.5) is 5.95 Å². The predicted octanol–water partition coefficient (Wildman–Crippen LogP) is 1.19. The van der Waals surface area contributed by atoms with E-state index in [9.17, 15) is 9.59 Å². The molecule has 2 N–H and O–H groups in total. The zero-order chi connectivity index (χ0) is 20.6. The van der Waals surface area contributed by atoms with Gasteiger partial charge < -0.3 is 15.5 Å². The summed E-state index contributed by atoms with van der Waals surface area (Å²) in [7, 11) is 0.